The van der Waals surface area contributed by atoms with Crippen LogP contribution in [0, 0.1) is 5.92 Å². The summed E-state index contributed by atoms with van der Waals surface area (Å²) in [7, 11) is -0.0426. The van der Waals surface area contributed by atoms with Crippen LogP contribution in [-0.4, -0.2) is 61.6 Å². The van der Waals surface area contributed by atoms with Crippen LogP contribution in [0.5, 0.6) is 11.5 Å². The SMILES string of the molecule is COc1cccc(OC)c1CN1CCc2nnc(C(NS(C)(=O)=O)C(C)C)n2CC1. The van der Waals surface area contributed by atoms with E-state index in [4.69, 9.17) is 9.47 Å². The van der Waals surface area contributed by atoms with Crippen LogP contribution in [0.3, 0.4) is 0 Å². The molecular weight excluding hydrogens is 406 g/mol. The molecule has 166 valence electrons. The zero-order valence-corrected chi connectivity index (χ0v) is 19.1. The predicted molar refractivity (Wildman–Crippen MR) is 114 cm³/mol. The summed E-state index contributed by atoms with van der Waals surface area (Å²) in [6, 6.07) is 5.37. The fourth-order valence-corrected chi connectivity index (χ4v) is 4.64. The van der Waals surface area contributed by atoms with Crippen molar-refractivity contribution < 1.29 is 17.9 Å². The highest BCUT2D eigenvalue weighted by atomic mass is 32.2. The lowest BCUT2D eigenvalue weighted by molar-refractivity contribution is 0.259. The minimum Gasteiger partial charge on any atom is -0.496 e. The largest absolute Gasteiger partial charge is 0.496 e. The summed E-state index contributed by atoms with van der Waals surface area (Å²) in [4.78, 5) is 2.33. The van der Waals surface area contributed by atoms with Crippen LogP contribution >= 0.6 is 0 Å². The second kappa shape index (κ2) is 9.32. The first-order valence-electron chi connectivity index (χ1n) is 10.0. The quantitative estimate of drug-likeness (QED) is 0.670. The Morgan fingerprint density at radius 2 is 1.77 bits per heavy atom. The summed E-state index contributed by atoms with van der Waals surface area (Å²) in [6.07, 6.45) is 1.90. The van der Waals surface area contributed by atoms with Crippen molar-refractivity contribution in [2.45, 2.75) is 39.4 Å². The number of aromatic nitrogens is 3. The van der Waals surface area contributed by atoms with Crippen molar-refractivity contribution in [2.24, 2.45) is 5.92 Å². The molecular formula is C20H31N5O4S. The Hall–Kier alpha value is -2.17. The minimum absolute atomic E-state index is 0.0465. The lowest BCUT2D eigenvalue weighted by Crippen LogP contribution is -2.33. The fourth-order valence-electron chi connectivity index (χ4n) is 3.80. The summed E-state index contributed by atoms with van der Waals surface area (Å²) >= 11 is 0. The average molecular weight is 438 g/mol. The van der Waals surface area contributed by atoms with Gasteiger partial charge in [-0.25, -0.2) is 13.1 Å². The van der Waals surface area contributed by atoms with Gasteiger partial charge in [0, 0.05) is 32.6 Å². The molecule has 1 aromatic carbocycles. The Kier molecular flexibility index (Phi) is 6.99. The van der Waals surface area contributed by atoms with Gasteiger partial charge in [0.1, 0.15) is 17.3 Å². The van der Waals surface area contributed by atoms with E-state index in [0.29, 0.717) is 18.9 Å². The Morgan fingerprint density at radius 3 is 2.33 bits per heavy atom. The lowest BCUT2D eigenvalue weighted by Gasteiger charge is -2.23. The second-order valence-corrected chi connectivity index (χ2v) is 9.69. The first-order valence-corrected chi connectivity index (χ1v) is 11.9. The summed E-state index contributed by atoms with van der Waals surface area (Å²) in [5, 5.41) is 8.70. The van der Waals surface area contributed by atoms with Gasteiger partial charge in [-0.1, -0.05) is 19.9 Å². The van der Waals surface area contributed by atoms with Gasteiger partial charge in [-0.15, -0.1) is 10.2 Å². The molecule has 0 radical (unpaired) electrons. The van der Waals surface area contributed by atoms with Crippen molar-refractivity contribution in [2.75, 3.05) is 33.6 Å². The number of rotatable bonds is 8. The van der Waals surface area contributed by atoms with Crippen molar-refractivity contribution in [3.8, 4) is 11.5 Å². The first-order chi connectivity index (χ1) is 14.2. The number of ether oxygens (including phenoxy) is 2. The van der Waals surface area contributed by atoms with Gasteiger partial charge in [0.25, 0.3) is 0 Å². The molecule has 0 saturated carbocycles. The van der Waals surface area contributed by atoms with Gasteiger partial charge < -0.3 is 14.0 Å². The molecule has 1 aliphatic heterocycles. The molecule has 1 atom stereocenters. The summed E-state index contributed by atoms with van der Waals surface area (Å²) in [5.74, 6) is 3.19. The lowest BCUT2D eigenvalue weighted by atomic mass is 10.1. The topological polar surface area (TPSA) is 98.6 Å². The number of nitrogens with one attached hydrogen (secondary N) is 1. The van der Waals surface area contributed by atoms with Crippen molar-refractivity contribution >= 4 is 10.0 Å². The maximum atomic E-state index is 11.9. The van der Waals surface area contributed by atoms with E-state index in [9.17, 15) is 8.42 Å². The van der Waals surface area contributed by atoms with Crippen LogP contribution < -0.4 is 14.2 Å². The zero-order chi connectivity index (χ0) is 21.9. The molecule has 0 bridgehead atoms. The molecule has 2 aromatic rings. The summed E-state index contributed by atoms with van der Waals surface area (Å²) in [5.41, 5.74) is 1.01. The van der Waals surface area contributed by atoms with E-state index in [1.54, 1.807) is 14.2 Å². The molecule has 3 rings (SSSR count). The zero-order valence-electron chi connectivity index (χ0n) is 18.3. The third-order valence-electron chi connectivity index (χ3n) is 5.34. The van der Waals surface area contributed by atoms with E-state index < -0.39 is 16.1 Å². The standard InChI is InChI=1S/C20H31N5O4S/c1-14(2)19(23-30(5,26)27)20-22-21-18-9-10-24(11-12-25(18)20)13-15-16(28-3)7-6-8-17(15)29-4/h6-8,14,19,23H,9-13H2,1-5H3. The molecule has 0 amide bonds. The minimum atomic E-state index is -3.37. The highest BCUT2D eigenvalue weighted by Gasteiger charge is 2.28. The van der Waals surface area contributed by atoms with Gasteiger partial charge in [0.05, 0.1) is 32.1 Å². The van der Waals surface area contributed by atoms with Crippen LogP contribution in [0.2, 0.25) is 0 Å². The molecule has 0 spiro atoms. The third kappa shape index (κ3) is 5.11. The Labute approximate surface area is 178 Å². The molecule has 9 nitrogen and oxygen atoms in total. The van der Waals surface area contributed by atoms with Crippen LogP contribution in [0.1, 0.15) is 37.1 Å². The van der Waals surface area contributed by atoms with Gasteiger partial charge in [-0.05, 0) is 18.1 Å². The van der Waals surface area contributed by atoms with Crippen molar-refractivity contribution in [1.29, 1.82) is 0 Å². The first kappa shape index (κ1) is 22.5. The Morgan fingerprint density at radius 1 is 1.10 bits per heavy atom. The number of sulfonamides is 1. The monoisotopic (exact) mass is 437 g/mol. The van der Waals surface area contributed by atoms with E-state index in [0.717, 1.165) is 42.4 Å². The molecule has 0 saturated heterocycles. The molecule has 1 aliphatic rings. The molecule has 0 aliphatic carbocycles. The van der Waals surface area contributed by atoms with Crippen molar-refractivity contribution in [1.82, 2.24) is 24.4 Å². The van der Waals surface area contributed by atoms with Crippen molar-refractivity contribution in [3.63, 3.8) is 0 Å². The van der Waals surface area contributed by atoms with Crippen LogP contribution in [0.15, 0.2) is 18.2 Å². The van der Waals surface area contributed by atoms with Crippen LogP contribution in [-0.2, 0) is 29.5 Å². The molecule has 1 unspecified atom stereocenters. The number of hydrogen-bond acceptors (Lipinski definition) is 7. The van der Waals surface area contributed by atoms with E-state index in [2.05, 4.69) is 24.4 Å². The smallest absolute Gasteiger partial charge is 0.209 e. The van der Waals surface area contributed by atoms with E-state index in [-0.39, 0.29) is 5.92 Å². The number of hydrogen-bond donors (Lipinski definition) is 1. The maximum absolute atomic E-state index is 11.9. The van der Waals surface area contributed by atoms with Crippen LogP contribution in [0.4, 0.5) is 0 Å². The van der Waals surface area contributed by atoms with E-state index in [1.807, 2.05) is 32.0 Å². The Balaban J connectivity index is 1.81. The maximum Gasteiger partial charge on any atom is 0.209 e. The summed E-state index contributed by atoms with van der Waals surface area (Å²) in [6.45, 7) is 6.91. The fraction of sp³-hybridized carbons (Fsp3) is 0.600. The molecule has 10 heteroatoms. The van der Waals surface area contributed by atoms with E-state index in [1.165, 1.54) is 6.26 Å². The molecule has 1 N–H and O–H groups in total. The molecule has 0 fully saturated rings. The van der Waals surface area contributed by atoms with Crippen LogP contribution in [0.25, 0.3) is 0 Å². The number of benzene rings is 1. The highest BCUT2D eigenvalue weighted by Crippen LogP contribution is 2.30. The molecule has 2 heterocycles. The second-order valence-electron chi connectivity index (χ2n) is 7.91. The number of methoxy groups -OCH3 is 2. The summed E-state index contributed by atoms with van der Waals surface area (Å²) < 4.78 is 39.5. The van der Waals surface area contributed by atoms with Gasteiger partial charge in [0.15, 0.2) is 5.82 Å². The number of fused-ring (bicyclic) bond motifs is 1. The Bertz CT molecular complexity index is 951. The highest BCUT2D eigenvalue weighted by molar-refractivity contribution is 7.88. The average Bonchev–Trinajstić information content (AvgIpc) is 2.99. The molecule has 1 aromatic heterocycles. The number of nitrogens with zero attached hydrogens (tertiary/aromatic N) is 4. The third-order valence-corrected chi connectivity index (χ3v) is 6.03. The molecule has 30 heavy (non-hydrogen) atoms. The normalized spacial score (nSPS) is 16.2. The van der Waals surface area contributed by atoms with Gasteiger partial charge in [0.2, 0.25) is 10.0 Å². The van der Waals surface area contributed by atoms with Crippen molar-refractivity contribution in [3.05, 3.63) is 35.4 Å². The van der Waals surface area contributed by atoms with Gasteiger partial charge in [-0.2, -0.15) is 0 Å². The van der Waals surface area contributed by atoms with E-state index >= 15 is 0 Å². The van der Waals surface area contributed by atoms with Gasteiger partial charge in [-0.3, -0.25) is 4.90 Å². The predicted octanol–water partition coefficient (Wildman–Crippen LogP) is 1.60. The van der Waals surface area contributed by atoms with Gasteiger partial charge >= 0.3 is 0 Å².